The number of hydrogen-bond donors (Lipinski definition) is 2. The van der Waals surface area contributed by atoms with Gasteiger partial charge in [0.2, 0.25) is 0 Å². The van der Waals surface area contributed by atoms with E-state index in [1.165, 1.54) is 0 Å². The fraction of sp³-hybridized carbons (Fsp3) is 0.0400. The Labute approximate surface area is 165 Å². The number of rotatable bonds is 4. The second kappa shape index (κ2) is 7.85. The topological polar surface area (TPSA) is 40.5 Å². The molecule has 4 aromatic carbocycles. The van der Waals surface area contributed by atoms with Crippen molar-refractivity contribution in [3.05, 3.63) is 103 Å². The highest BCUT2D eigenvalue weighted by atomic mass is 16.4. The quantitative estimate of drug-likeness (QED) is 0.517. The minimum Gasteiger partial charge on any atom is -0.423 e. The second-order valence-electron chi connectivity index (χ2n) is 6.89. The zero-order valence-electron chi connectivity index (χ0n) is 15.7. The second-order valence-corrected chi connectivity index (χ2v) is 6.89. The van der Waals surface area contributed by atoms with Gasteiger partial charge in [0.25, 0.3) is 0 Å². The molecule has 0 aliphatic rings. The van der Waals surface area contributed by atoms with Gasteiger partial charge < -0.3 is 10.0 Å². The highest BCUT2D eigenvalue weighted by Crippen LogP contribution is 2.36. The molecule has 0 radical (unpaired) electrons. The van der Waals surface area contributed by atoms with Crippen LogP contribution in [-0.2, 0) is 0 Å². The van der Waals surface area contributed by atoms with E-state index in [4.69, 9.17) is 0 Å². The zero-order valence-corrected chi connectivity index (χ0v) is 15.7. The monoisotopic (exact) mass is 364 g/mol. The first-order chi connectivity index (χ1) is 13.6. The van der Waals surface area contributed by atoms with Gasteiger partial charge in [-0.1, -0.05) is 84.9 Å². The van der Waals surface area contributed by atoms with E-state index in [0.717, 1.165) is 38.9 Å². The molecule has 3 heteroatoms. The predicted octanol–water partition coefficient (Wildman–Crippen LogP) is 4.68. The molecule has 0 saturated carbocycles. The number of hydrogen-bond acceptors (Lipinski definition) is 2. The van der Waals surface area contributed by atoms with Gasteiger partial charge in [-0.3, -0.25) is 0 Å². The van der Waals surface area contributed by atoms with E-state index in [-0.39, 0.29) is 0 Å². The van der Waals surface area contributed by atoms with Crippen LogP contribution in [0.5, 0.6) is 0 Å². The van der Waals surface area contributed by atoms with Crippen molar-refractivity contribution in [1.29, 1.82) is 0 Å². The minimum absolute atomic E-state index is 0.509. The molecule has 0 unspecified atom stereocenters. The lowest BCUT2D eigenvalue weighted by atomic mass is 9.74. The molecular weight excluding hydrogens is 343 g/mol. The van der Waals surface area contributed by atoms with Crippen molar-refractivity contribution in [3.8, 4) is 33.4 Å². The molecule has 0 fully saturated rings. The van der Waals surface area contributed by atoms with Gasteiger partial charge in [0.1, 0.15) is 0 Å². The van der Waals surface area contributed by atoms with E-state index in [9.17, 15) is 10.0 Å². The van der Waals surface area contributed by atoms with Crippen LogP contribution in [0.1, 0.15) is 5.56 Å². The van der Waals surface area contributed by atoms with Crippen molar-refractivity contribution in [2.24, 2.45) is 0 Å². The van der Waals surface area contributed by atoms with E-state index < -0.39 is 7.12 Å². The van der Waals surface area contributed by atoms with E-state index in [2.05, 4.69) is 43.3 Å². The third-order valence-corrected chi connectivity index (χ3v) is 5.13. The summed E-state index contributed by atoms with van der Waals surface area (Å²) in [5.41, 5.74) is 7.97. The van der Waals surface area contributed by atoms with Crippen LogP contribution in [0.15, 0.2) is 97.1 Å². The Morgan fingerprint density at radius 1 is 0.536 bits per heavy atom. The van der Waals surface area contributed by atoms with E-state index in [0.29, 0.717) is 5.46 Å². The third-order valence-electron chi connectivity index (χ3n) is 5.13. The molecule has 0 aromatic heterocycles. The van der Waals surface area contributed by atoms with Crippen LogP contribution in [0.3, 0.4) is 0 Å². The van der Waals surface area contributed by atoms with Crippen molar-refractivity contribution >= 4 is 12.6 Å². The molecule has 136 valence electrons. The smallest absolute Gasteiger partial charge is 0.423 e. The summed E-state index contributed by atoms with van der Waals surface area (Å²) in [7, 11) is -1.52. The van der Waals surface area contributed by atoms with Crippen LogP contribution in [0.2, 0.25) is 0 Å². The minimum atomic E-state index is -1.52. The summed E-state index contributed by atoms with van der Waals surface area (Å²) >= 11 is 0. The number of benzene rings is 4. The van der Waals surface area contributed by atoms with Gasteiger partial charge in [-0.25, -0.2) is 0 Å². The summed E-state index contributed by atoms with van der Waals surface area (Å²) in [6.45, 7) is 2.09. The Hall–Kier alpha value is -3.14. The van der Waals surface area contributed by atoms with Gasteiger partial charge in [-0.05, 0) is 63.5 Å². The van der Waals surface area contributed by atoms with Gasteiger partial charge in [-0.2, -0.15) is 0 Å². The summed E-state index contributed by atoms with van der Waals surface area (Å²) in [4.78, 5) is 0. The zero-order chi connectivity index (χ0) is 19.5. The predicted molar refractivity (Wildman–Crippen MR) is 117 cm³/mol. The lowest BCUT2D eigenvalue weighted by Gasteiger charge is -2.18. The van der Waals surface area contributed by atoms with Crippen molar-refractivity contribution in [2.45, 2.75) is 6.92 Å². The molecule has 0 aliphatic carbocycles. The highest BCUT2D eigenvalue weighted by Gasteiger charge is 2.19. The molecular formula is C25H21BO2. The maximum atomic E-state index is 9.88. The summed E-state index contributed by atoms with van der Waals surface area (Å²) < 4.78 is 0. The average Bonchev–Trinajstić information content (AvgIpc) is 2.75. The van der Waals surface area contributed by atoms with Crippen LogP contribution in [0.25, 0.3) is 33.4 Å². The average molecular weight is 364 g/mol. The van der Waals surface area contributed by atoms with Gasteiger partial charge in [-0.15, -0.1) is 0 Å². The Balaban J connectivity index is 2.01. The van der Waals surface area contributed by atoms with Gasteiger partial charge in [0.15, 0.2) is 0 Å². The maximum Gasteiger partial charge on any atom is 0.489 e. The molecule has 28 heavy (non-hydrogen) atoms. The lowest BCUT2D eigenvalue weighted by molar-refractivity contribution is 0.426. The Morgan fingerprint density at radius 3 is 1.71 bits per heavy atom. The molecule has 0 atom stereocenters. The van der Waals surface area contributed by atoms with Crippen molar-refractivity contribution in [2.75, 3.05) is 0 Å². The lowest BCUT2D eigenvalue weighted by Crippen LogP contribution is -2.31. The largest absolute Gasteiger partial charge is 0.489 e. The molecule has 0 heterocycles. The Kier molecular flexibility index (Phi) is 5.11. The SMILES string of the molecule is Cc1c(-c2ccccc2)cc(-c2ccccc2)cc1-c1ccccc1B(O)O. The Bertz CT molecular complexity index is 1090. The van der Waals surface area contributed by atoms with Crippen molar-refractivity contribution < 1.29 is 10.0 Å². The van der Waals surface area contributed by atoms with Crippen molar-refractivity contribution in [3.63, 3.8) is 0 Å². The third kappa shape index (κ3) is 3.50. The standard InChI is InChI=1S/C25H21BO2/c1-18-23(20-12-6-3-7-13-20)16-21(19-10-4-2-5-11-19)17-24(18)22-14-8-9-15-25(22)26(27)28/h2-17,27-28H,1H3. The molecule has 2 N–H and O–H groups in total. The Morgan fingerprint density at radius 2 is 1.07 bits per heavy atom. The van der Waals surface area contributed by atoms with E-state index in [1.807, 2.05) is 54.6 Å². The van der Waals surface area contributed by atoms with Gasteiger partial charge in [0.05, 0.1) is 0 Å². The summed E-state index contributed by atoms with van der Waals surface area (Å²) in [6, 6.07) is 32.4. The molecule has 0 amide bonds. The van der Waals surface area contributed by atoms with Gasteiger partial charge >= 0.3 is 7.12 Å². The highest BCUT2D eigenvalue weighted by molar-refractivity contribution is 6.60. The van der Waals surface area contributed by atoms with E-state index >= 15 is 0 Å². The molecule has 0 spiro atoms. The molecule has 2 nitrogen and oxygen atoms in total. The van der Waals surface area contributed by atoms with Crippen molar-refractivity contribution in [1.82, 2.24) is 0 Å². The first-order valence-corrected chi connectivity index (χ1v) is 9.36. The summed E-state index contributed by atoms with van der Waals surface area (Å²) in [5, 5.41) is 19.8. The molecule has 0 saturated heterocycles. The normalized spacial score (nSPS) is 10.7. The van der Waals surface area contributed by atoms with Crippen LogP contribution in [0.4, 0.5) is 0 Å². The van der Waals surface area contributed by atoms with Gasteiger partial charge in [0, 0.05) is 0 Å². The maximum absolute atomic E-state index is 9.88. The summed E-state index contributed by atoms with van der Waals surface area (Å²) in [6.07, 6.45) is 0. The summed E-state index contributed by atoms with van der Waals surface area (Å²) in [5.74, 6) is 0. The molecule has 0 aliphatic heterocycles. The van der Waals surface area contributed by atoms with E-state index in [1.54, 1.807) is 6.07 Å². The molecule has 4 aromatic rings. The van der Waals surface area contributed by atoms with Crippen LogP contribution in [0, 0.1) is 6.92 Å². The molecule has 4 rings (SSSR count). The van der Waals surface area contributed by atoms with Crippen LogP contribution in [-0.4, -0.2) is 17.2 Å². The van der Waals surface area contributed by atoms with Crippen LogP contribution < -0.4 is 5.46 Å². The first kappa shape index (κ1) is 18.2. The fourth-order valence-corrected chi connectivity index (χ4v) is 3.68. The first-order valence-electron chi connectivity index (χ1n) is 9.36. The van der Waals surface area contributed by atoms with Crippen LogP contribution >= 0.6 is 0 Å². The fourth-order valence-electron chi connectivity index (χ4n) is 3.68. The molecule has 0 bridgehead atoms.